The number of likely N-dealkylation sites (tertiary alicyclic amines) is 1. The molecule has 10 nitrogen and oxygen atoms in total. The van der Waals surface area contributed by atoms with E-state index in [4.69, 9.17) is 9.47 Å². The fourth-order valence-electron chi connectivity index (χ4n) is 5.97. The number of amides is 3. The SMILES string of the molecule is CCC(C)C1NC(=O)C2C(CCN2C(=O)C(Cc2c[nH]c3ccccc23)N(C)C)Oc2ccc(OC)c(c2)/C=C\NC1=O. The molecule has 0 radical (unpaired) electrons. The minimum Gasteiger partial charge on any atom is -0.496 e. The molecule has 0 saturated carbocycles. The van der Waals surface area contributed by atoms with Gasteiger partial charge in [0.05, 0.1) is 13.2 Å². The Bertz CT molecular complexity index is 1510. The number of likely N-dealkylation sites (N-methyl/N-ethyl adjacent to an activating group) is 1. The van der Waals surface area contributed by atoms with Gasteiger partial charge in [0, 0.05) is 41.8 Å². The Hall–Kier alpha value is -4.31. The highest BCUT2D eigenvalue weighted by Crippen LogP contribution is 2.31. The van der Waals surface area contributed by atoms with Crippen molar-refractivity contribution in [2.24, 2.45) is 5.92 Å². The quantitative estimate of drug-likeness (QED) is 0.391. The average molecular weight is 588 g/mol. The molecule has 10 heteroatoms. The van der Waals surface area contributed by atoms with Gasteiger partial charge in [-0.2, -0.15) is 0 Å². The predicted octanol–water partition coefficient (Wildman–Crippen LogP) is 3.33. The van der Waals surface area contributed by atoms with Crippen molar-refractivity contribution in [3.8, 4) is 11.5 Å². The smallest absolute Gasteiger partial charge is 0.247 e. The van der Waals surface area contributed by atoms with Crippen molar-refractivity contribution in [3.05, 3.63) is 66.0 Å². The van der Waals surface area contributed by atoms with Crippen molar-refractivity contribution >= 4 is 34.7 Å². The lowest BCUT2D eigenvalue weighted by molar-refractivity contribution is -0.144. The van der Waals surface area contributed by atoms with Crippen LogP contribution in [-0.2, 0) is 20.8 Å². The standard InChI is InChI=1S/C33H41N5O5/c1-6-20(2)29-31(39)34-15-13-21-17-23(11-12-27(21)42-5)43-28-14-16-38(30(28)32(40)36-29)33(41)26(37(3)4)18-22-19-35-25-10-8-7-9-24(22)25/h7-13,15,17,19-20,26,28-30,35H,6,14,16,18H2,1-5H3,(H,34,39)(H,36,40)/b15-13-. The minimum absolute atomic E-state index is 0.139. The molecule has 5 rings (SSSR count). The van der Waals surface area contributed by atoms with Gasteiger partial charge in [-0.05, 0) is 62.3 Å². The van der Waals surface area contributed by atoms with Gasteiger partial charge in [0.15, 0.2) is 0 Å². The van der Waals surface area contributed by atoms with Gasteiger partial charge < -0.3 is 30.0 Å². The molecule has 3 aromatic rings. The molecule has 5 unspecified atom stereocenters. The number of methoxy groups -OCH3 is 1. The van der Waals surface area contributed by atoms with E-state index in [1.165, 1.54) is 0 Å². The number of aromatic amines is 1. The van der Waals surface area contributed by atoms with Crippen LogP contribution in [0.25, 0.3) is 17.0 Å². The molecule has 2 aliphatic heterocycles. The highest BCUT2D eigenvalue weighted by molar-refractivity contribution is 5.95. The molecule has 0 spiro atoms. The minimum atomic E-state index is -0.920. The third kappa shape index (κ3) is 6.24. The first-order valence-corrected chi connectivity index (χ1v) is 14.9. The molecular weight excluding hydrogens is 546 g/mol. The van der Waals surface area contributed by atoms with E-state index in [0.717, 1.165) is 16.5 Å². The van der Waals surface area contributed by atoms with E-state index in [1.54, 1.807) is 36.4 Å². The summed E-state index contributed by atoms with van der Waals surface area (Å²) in [6, 6.07) is 11.2. The summed E-state index contributed by atoms with van der Waals surface area (Å²) in [5, 5.41) is 6.86. The van der Waals surface area contributed by atoms with E-state index < -0.39 is 30.1 Å². The third-order valence-electron chi connectivity index (χ3n) is 8.66. The van der Waals surface area contributed by atoms with Crippen molar-refractivity contribution in [1.82, 2.24) is 25.4 Å². The van der Waals surface area contributed by atoms with Crippen LogP contribution in [0, 0.1) is 5.92 Å². The van der Waals surface area contributed by atoms with E-state index in [9.17, 15) is 14.4 Å². The zero-order valence-corrected chi connectivity index (χ0v) is 25.4. The summed E-state index contributed by atoms with van der Waals surface area (Å²) in [6.07, 6.45) is 6.24. The summed E-state index contributed by atoms with van der Waals surface area (Å²) < 4.78 is 11.9. The molecule has 1 saturated heterocycles. The van der Waals surface area contributed by atoms with Crippen LogP contribution < -0.4 is 20.1 Å². The molecule has 3 amide bonds. The Morgan fingerprint density at radius 2 is 1.95 bits per heavy atom. The summed E-state index contributed by atoms with van der Waals surface area (Å²) in [6.45, 7) is 4.25. The number of fused-ring (bicyclic) bond motifs is 4. The fourth-order valence-corrected chi connectivity index (χ4v) is 5.97. The number of carbonyl (C=O) groups excluding carboxylic acids is 3. The number of hydrogen-bond acceptors (Lipinski definition) is 6. The monoisotopic (exact) mass is 587 g/mol. The second-order valence-corrected chi connectivity index (χ2v) is 11.6. The van der Waals surface area contributed by atoms with Gasteiger partial charge in [0.2, 0.25) is 17.7 Å². The summed E-state index contributed by atoms with van der Waals surface area (Å²) in [5.41, 5.74) is 2.75. The number of nitrogens with one attached hydrogen (secondary N) is 3. The second kappa shape index (κ2) is 12.9. The van der Waals surface area contributed by atoms with E-state index in [1.807, 2.05) is 69.4 Å². The van der Waals surface area contributed by atoms with Crippen molar-refractivity contribution in [1.29, 1.82) is 0 Å². The Morgan fingerprint density at radius 1 is 1.16 bits per heavy atom. The maximum absolute atomic E-state index is 14.3. The normalized spacial score (nSPS) is 22.7. The fraction of sp³-hybridized carbons (Fsp3) is 0.424. The van der Waals surface area contributed by atoms with Crippen LogP contribution in [-0.4, -0.2) is 84.5 Å². The highest BCUT2D eigenvalue weighted by Gasteiger charge is 2.46. The third-order valence-corrected chi connectivity index (χ3v) is 8.66. The van der Waals surface area contributed by atoms with Gasteiger partial charge in [-0.25, -0.2) is 0 Å². The molecule has 1 aromatic heterocycles. The number of nitrogens with zero attached hydrogens (tertiary/aromatic N) is 2. The van der Waals surface area contributed by atoms with Crippen molar-refractivity contribution in [2.45, 2.75) is 57.3 Å². The summed E-state index contributed by atoms with van der Waals surface area (Å²) in [7, 11) is 5.33. The maximum atomic E-state index is 14.3. The summed E-state index contributed by atoms with van der Waals surface area (Å²) in [4.78, 5) is 48.5. The van der Waals surface area contributed by atoms with Crippen LogP contribution in [0.5, 0.6) is 11.5 Å². The van der Waals surface area contributed by atoms with E-state index in [-0.39, 0.29) is 17.7 Å². The zero-order valence-electron chi connectivity index (χ0n) is 25.4. The second-order valence-electron chi connectivity index (χ2n) is 11.6. The van der Waals surface area contributed by atoms with E-state index >= 15 is 0 Å². The average Bonchev–Trinajstić information content (AvgIpc) is 3.61. The zero-order chi connectivity index (χ0) is 30.7. The van der Waals surface area contributed by atoms with Crippen LogP contribution >= 0.6 is 0 Å². The lowest BCUT2D eigenvalue weighted by Gasteiger charge is -2.34. The van der Waals surface area contributed by atoms with Crippen LogP contribution in [0.4, 0.5) is 0 Å². The highest BCUT2D eigenvalue weighted by atomic mass is 16.5. The molecule has 2 bridgehead atoms. The van der Waals surface area contributed by atoms with Gasteiger partial charge in [-0.3, -0.25) is 19.3 Å². The molecule has 2 aromatic carbocycles. The largest absolute Gasteiger partial charge is 0.496 e. The molecule has 3 N–H and O–H groups in total. The van der Waals surface area contributed by atoms with Crippen LogP contribution in [0.1, 0.15) is 37.8 Å². The number of rotatable bonds is 7. The molecule has 1 fully saturated rings. The van der Waals surface area contributed by atoms with Gasteiger partial charge in [0.25, 0.3) is 0 Å². The lowest BCUT2D eigenvalue weighted by atomic mass is 9.97. The van der Waals surface area contributed by atoms with Gasteiger partial charge in [-0.15, -0.1) is 0 Å². The summed E-state index contributed by atoms with van der Waals surface area (Å²) >= 11 is 0. The molecule has 0 aliphatic carbocycles. The van der Waals surface area contributed by atoms with Crippen molar-refractivity contribution in [3.63, 3.8) is 0 Å². The maximum Gasteiger partial charge on any atom is 0.247 e. The molecular formula is C33H41N5O5. The van der Waals surface area contributed by atoms with Crippen LogP contribution in [0.15, 0.2) is 54.9 Å². The Balaban J connectivity index is 1.50. The van der Waals surface area contributed by atoms with E-state index in [0.29, 0.717) is 42.9 Å². The Morgan fingerprint density at radius 3 is 2.70 bits per heavy atom. The molecule has 5 atom stereocenters. The molecule has 228 valence electrons. The Labute approximate surface area is 252 Å². The number of ether oxygens (including phenoxy) is 2. The van der Waals surface area contributed by atoms with Gasteiger partial charge in [-0.1, -0.05) is 38.5 Å². The number of carbonyl (C=O) groups is 3. The van der Waals surface area contributed by atoms with Crippen LogP contribution in [0.2, 0.25) is 0 Å². The van der Waals surface area contributed by atoms with Crippen molar-refractivity contribution < 1.29 is 23.9 Å². The number of H-pyrrole nitrogens is 1. The van der Waals surface area contributed by atoms with E-state index in [2.05, 4.69) is 15.6 Å². The molecule has 2 aliphatic rings. The lowest BCUT2D eigenvalue weighted by Crippen LogP contribution is -2.59. The van der Waals surface area contributed by atoms with Gasteiger partial charge >= 0.3 is 0 Å². The predicted molar refractivity (Wildman–Crippen MR) is 166 cm³/mol. The first kappa shape index (κ1) is 30.2. The molecule has 43 heavy (non-hydrogen) atoms. The topological polar surface area (TPSA) is 116 Å². The van der Waals surface area contributed by atoms with Gasteiger partial charge in [0.1, 0.15) is 29.7 Å². The number of aromatic nitrogens is 1. The molecule has 3 heterocycles. The van der Waals surface area contributed by atoms with Crippen LogP contribution in [0.3, 0.4) is 0 Å². The number of hydrogen-bond donors (Lipinski definition) is 3. The first-order valence-electron chi connectivity index (χ1n) is 14.9. The Kier molecular flexibility index (Phi) is 9.05. The number of para-hydroxylation sites is 1. The summed E-state index contributed by atoms with van der Waals surface area (Å²) in [5.74, 6) is 0.132. The van der Waals surface area contributed by atoms with Crippen molar-refractivity contribution in [2.75, 3.05) is 27.7 Å². The number of benzene rings is 2. The first-order chi connectivity index (χ1) is 20.7.